The first kappa shape index (κ1) is 20.5. The number of carbonyl (C=O) groups excluding carboxylic acids is 2. The number of amides is 2. The van der Waals surface area contributed by atoms with Gasteiger partial charge in [-0.15, -0.1) is 0 Å². The summed E-state index contributed by atoms with van der Waals surface area (Å²) in [5.41, 5.74) is 7.17. The highest BCUT2D eigenvalue weighted by Gasteiger charge is 2.45. The van der Waals surface area contributed by atoms with Crippen LogP contribution in [0, 0.1) is 5.82 Å². The Morgan fingerprint density at radius 1 is 0.967 bits per heavy atom. The number of carbonyl (C=O) groups is 2. The number of nitrogens with zero attached hydrogens (tertiary/aromatic N) is 2. The van der Waals surface area contributed by atoms with Crippen LogP contribution < -0.4 is 5.73 Å². The van der Waals surface area contributed by atoms with E-state index in [4.69, 9.17) is 5.73 Å². The molecule has 0 bridgehead atoms. The number of primary amides is 1. The summed E-state index contributed by atoms with van der Waals surface area (Å²) in [5.74, 6) is -0.553. The van der Waals surface area contributed by atoms with Crippen molar-refractivity contribution in [3.63, 3.8) is 0 Å². The Morgan fingerprint density at radius 2 is 1.63 bits per heavy atom. The van der Waals surface area contributed by atoms with E-state index in [0.717, 1.165) is 56.4 Å². The molecule has 4 rings (SSSR count). The van der Waals surface area contributed by atoms with E-state index < -0.39 is 11.3 Å². The highest BCUT2D eigenvalue weighted by molar-refractivity contribution is 5.92. The Kier molecular flexibility index (Phi) is 5.86. The fourth-order valence-corrected chi connectivity index (χ4v) is 4.84. The Balaban J connectivity index is 1.40. The molecule has 6 heteroatoms. The maximum atomic E-state index is 13.9. The van der Waals surface area contributed by atoms with Crippen LogP contribution in [0.5, 0.6) is 0 Å². The number of halogens is 1. The second-order valence-electron chi connectivity index (χ2n) is 8.43. The zero-order valence-corrected chi connectivity index (χ0v) is 17.1. The fraction of sp³-hybridized carbons (Fsp3) is 0.417. The molecule has 0 unspecified atom stereocenters. The van der Waals surface area contributed by atoms with Crippen molar-refractivity contribution in [1.29, 1.82) is 0 Å². The van der Waals surface area contributed by atoms with Crippen molar-refractivity contribution >= 4 is 11.8 Å². The van der Waals surface area contributed by atoms with E-state index in [-0.39, 0.29) is 11.7 Å². The first-order valence-corrected chi connectivity index (χ1v) is 10.6. The predicted molar refractivity (Wildman–Crippen MR) is 113 cm³/mol. The van der Waals surface area contributed by atoms with Gasteiger partial charge in [-0.3, -0.25) is 14.5 Å². The van der Waals surface area contributed by atoms with Crippen molar-refractivity contribution in [2.75, 3.05) is 26.2 Å². The molecule has 0 aromatic heterocycles. The van der Waals surface area contributed by atoms with Crippen molar-refractivity contribution in [3.05, 3.63) is 71.0 Å². The van der Waals surface area contributed by atoms with Crippen molar-refractivity contribution in [3.8, 4) is 0 Å². The molecular formula is C24H28FN3O2. The number of rotatable bonds is 5. The summed E-state index contributed by atoms with van der Waals surface area (Å²) < 4.78 is 13.9. The van der Waals surface area contributed by atoms with Gasteiger partial charge in [-0.2, -0.15) is 0 Å². The minimum atomic E-state index is -0.575. The lowest BCUT2D eigenvalue weighted by Crippen LogP contribution is -2.53. The topological polar surface area (TPSA) is 66.6 Å². The molecule has 158 valence electrons. The molecule has 2 fully saturated rings. The molecule has 1 heterocycles. The lowest BCUT2D eigenvalue weighted by molar-refractivity contribution is -0.139. The van der Waals surface area contributed by atoms with Crippen LogP contribution in [0.3, 0.4) is 0 Å². The molecule has 1 aliphatic heterocycles. The Labute approximate surface area is 176 Å². The van der Waals surface area contributed by atoms with Gasteiger partial charge >= 0.3 is 0 Å². The average Bonchev–Trinajstić information content (AvgIpc) is 3.25. The second-order valence-corrected chi connectivity index (χ2v) is 8.43. The van der Waals surface area contributed by atoms with E-state index in [2.05, 4.69) is 4.90 Å². The van der Waals surface area contributed by atoms with Gasteiger partial charge in [0.2, 0.25) is 11.8 Å². The molecule has 0 radical (unpaired) electrons. The van der Waals surface area contributed by atoms with Crippen LogP contribution in [-0.2, 0) is 16.8 Å². The van der Waals surface area contributed by atoms with E-state index in [1.165, 1.54) is 12.1 Å². The van der Waals surface area contributed by atoms with E-state index in [1.54, 1.807) is 18.2 Å². The standard InChI is InChI=1S/C24H28FN3O2/c25-21-5-3-4-20(16-21)24(10-1-2-11-24)23(30)28-14-12-27(13-15-28)17-18-6-8-19(9-7-18)22(26)29/h3-9,16H,1-2,10-15,17H2,(H2,26,29). The maximum Gasteiger partial charge on any atom is 0.248 e. The number of hydrogen-bond donors (Lipinski definition) is 1. The minimum Gasteiger partial charge on any atom is -0.366 e. The highest BCUT2D eigenvalue weighted by atomic mass is 19.1. The zero-order chi connectivity index (χ0) is 21.1. The van der Waals surface area contributed by atoms with Gasteiger partial charge in [0.15, 0.2) is 0 Å². The van der Waals surface area contributed by atoms with Crippen LogP contribution in [-0.4, -0.2) is 47.8 Å². The molecule has 0 spiro atoms. The van der Waals surface area contributed by atoms with Crippen molar-refractivity contribution in [1.82, 2.24) is 9.80 Å². The van der Waals surface area contributed by atoms with Gasteiger partial charge in [0.1, 0.15) is 5.82 Å². The summed E-state index contributed by atoms with van der Waals surface area (Å²) in [6.07, 6.45) is 3.59. The first-order valence-electron chi connectivity index (χ1n) is 10.6. The number of piperazine rings is 1. The van der Waals surface area contributed by atoms with Gasteiger partial charge < -0.3 is 10.6 Å². The summed E-state index contributed by atoms with van der Waals surface area (Å²) in [7, 11) is 0. The molecule has 2 aromatic rings. The minimum absolute atomic E-state index is 0.149. The largest absolute Gasteiger partial charge is 0.366 e. The number of benzene rings is 2. The Bertz CT molecular complexity index is 914. The highest BCUT2D eigenvalue weighted by Crippen LogP contribution is 2.43. The lowest BCUT2D eigenvalue weighted by atomic mass is 9.77. The third kappa shape index (κ3) is 4.10. The normalized spacial score (nSPS) is 19.0. The van der Waals surface area contributed by atoms with Gasteiger partial charge in [0.05, 0.1) is 5.41 Å². The molecule has 2 aliphatic rings. The Morgan fingerprint density at radius 3 is 2.23 bits per heavy atom. The molecule has 1 aliphatic carbocycles. The maximum absolute atomic E-state index is 13.9. The Hall–Kier alpha value is -2.73. The number of hydrogen-bond acceptors (Lipinski definition) is 3. The van der Waals surface area contributed by atoms with Gasteiger partial charge in [-0.1, -0.05) is 37.1 Å². The van der Waals surface area contributed by atoms with Crippen molar-refractivity contribution in [2.24, 2.45) is 5.73 Å². The monoisotopic (exact) mass is 409 g/mol. The molecule has 2 aromatic carbocycles. The summed E-state index contributed by atoms with van der Waals surface area (Å²) in [6, 6.07) is 13.9. The lowest BCUT2D eigenvalue weighted by Gasteiger charge is -2.40. The molecular weight excluding hydrogens is 381 g/mol. The summed E-state index contributed by atoms with van der Waals surface area (Å²) in [6.45, 7) is 3.71. The molecule has 30 heavy (non-hydrogen) atoms. The SMILES string of the molecule is NC(=O)c1ccc(CN2CCN(C(=O)C3(c4cccc(F)c4)CCCC3)CC2)cc1. The summed E-state index contributed by atoms with van der Waals surface area (Å²) >= 11 is 0. The molecule has 2 amide bonds. The van der Waals surface area contributed by atoms with Crippen LogP contribution >= 0.6 is 0 Å². The van der Waals surface area contributed by atoms with Gasteiger partial charge in [-0.25, -0.2) is 4.39 Å². The van der Waals surface area contributed by atoms with Crippen LogP contribution in [0.4, 0.5) is 4.39 Å². The van der Waals surface area contributed by atoms with Crippen LogP contribution in [0.25, 0.3) is 0 Å². The molecule has 1 saturated heterocycles. The van der Waals surface area contributed by atoms with Gasteiger partial charge in [-0.05, 0) is 48.2 Å². The third-order valence-corrected chi connectivity index (χ3v) is 6.55. The van der Waals surface area contributed by atoms with Crippen molar-refractivity contribution in [2.45, 2.75) is 37.6 Å². The van der Waals surface area contributed by atoms with Crippen molar-refractivity contribution < 1.29 is 14.0 Å². The first-order chi connectivity index (χ1) is 14.5. The van der Waals surface area contributed by atoms with Crippen LogP contribution in [0.2, 0.25) is 0 Å². The van der Waals surface area contributed by atoms with Crippen LogP contribution in [0.1, 0.15) is 47.2 Å². The zero-order valence-electron chi connectivity index (χ0n) is 17.1. The quantitative estimate of drug-likeness (QED) is 0.825. The second kappa shape index (κ2) is 8.56. The number of nitrogens with two attached hydrogens (primary N) is 1. The average molecular weight is 410 g/mol. The molecule has 1 saturated carbocycles. The van der Waals surface area contributed by atoms with Gasteiger partial charge in [0.25, 0.3) is 0 Å². The predicted octanol–water partition coefficient (Wildman–Crippen LogP) is 3.08. The van der Waals surface area contributed by atoms with Gasteiger partial charge in [0, 0.05) is 38.3 Å². The van der Waals surface area contributed by atoms with E-state index in [0.29, 0.717) is 18.7 Å². The third-order valence-electron chi connectivity index (χ3n) is 6.55. The van der Waals surface area contributed by atoms with E-state index >= 15 is 0 Å². The fourth-order valence-electron chi connectivity index (χ4n) is 4.84. The smallest absolute Gasteiger partial charge is 0.248 e. The molecule has 0 atom stereocenters. The van der Waals surface area contributed by atoms with E-state index in [1.807, 2.05) is 23.1 Å². The summed E-state index contributed by atoms with van der Waals surface area (Å²) in [5, 5.41) is 0. The molecule has 2 N–H and O–H groups in total. The van der Waals surface area contributed by atoms with Crippen LogP contribution in [0.15, 0.2) is 48.5 Å². The summed E-state index contributed by atoms with van der Waals surface area (Å²) in [4.78, 5) is 29.0. The molecule has 5 nitrogen and oxygen atoms in total. The van der Waals surface area contributed by atoms with E-state index in [9.17, 15) is 14.0 Å².